The van der Waals surface area contributed by atoms with Crippen molar-refractivity contribution in [2.75, 3.05) is 0 Å². The van der Waals surface area contributed by atoms with Gasteiger partial charge in [0.1, 0.15) is 0 Å². The van der Waals surface area contributed by atoms with Crippen molar-refractivity contribution < 1.29 is 16.8 Å². The van der Waals surface area contributed by atoms with Gasteiger partial charge >= 0.3 is 0 Å². The number of rotatable bonds is 5. The number of hydrogen-bond donors (Lipinski definition) is 1. The Hall–Kier alpha value is -0.630. The molecule has 5 nitrogen and oxygen atoms in total. The summed E-state index contributed by atoms with van der Waals surface area (Å²) < 4.78 is 48.2. The van der Waals surface area contributed by atoms with Crippen molar-refractivity contribution in [3.8, 4) is 0 Å². The molecule has 0 bridgehead atoms. The first kappa shape index (κ1) is 15.4. The smallest absolute Gasteiger partial charge is 0.208 e. The molecule has 1 aromatic rings. The Balaban J connectivity index is 3.06. The molecule has 0 radical (unpaired) electrons. The fourth-order valence-electron chi connectivity index (χ4n) is 1.20. The van der Waals surface area contributed by atoms with Crippen LogP contribution >= 0.6 is 10.7 Å². The van der Waals surface area contributed by atoms with Crippen molar-refractivity contribution in [3.05, 3.63) is 24.3 Å². The summed E-state index contributed by atoms with van der Waals surface area (Å²) in [5, 5.41) is 0. The standard InChI is InChI=1S/C10H14ClNO4S2/c1-3-8(2)12-18(15,16)10-6-4-9(5-7-10)17(11,13)14/h4-8,12H,3H2,1-2H3. The number of halogens is 1. The van der Waals surface area contributed by atoms with Crippen LogP contribution in [0.3, 0.4) is 0 Å². The van der Waals surface area contributed by atoms with Crippen molar-refractivity contribution in [2.24, 2.45) is 0 Å². The molecule has 0 aliphatic rings. The Morgan fingerprint density at radius 2 is 1.56 bits per heavy atom. The molecule has 0 spiro atoms. The average molecular weight is 312 g/mol. The molecule has 0 amide bonds. The minimum Gasteiger partial charge on any atom is -0.208 e. The van der Waals surface area contributed by atoms with Crippen LogP contribution in [0.25, 0.3) is 0 Å². The first-order valence-electron chi connectivity index (χ1n) is 5.24. The van der Waals surface area contributed by atoms with Gasteiger partial charge < -0.3 is 0 Å². The molecular formula is C10H14ClNO4S2. The predicted molar refractivity (Wildman–Crippen MR) is 69.6 cm³/mol. The van der Waals surface area contributed by atoms with Crippen LogP contribution in [0, 0.1) is 0 Å². The van der Waals surface area contributed by atoms with E-state index in [1.165, 1.54) is 12.1 Å². The summed E-state index contributed by atoms with van der Waals surface area (Å²) in [5.41, 5.74) is 0. The molecule has 8 heteroatoms. The summed E-state index contributed by atoms with van der Waals surface area (Å²) in [4.78, 5) is -0.126. The first-order valence-corrected chi connectivity index (χ1v) is 9.03. The second-order valence-corrected chi connectivity index (χ2v) is 8.12. The Labute approximate surface area is 112 Å². The Kier molecular flexibility index (Phi) is 4.77. The minimum absolute atomic E-state index is 0.00636. The van der Waals surface area contributed by atoms with Crippen LogP contribution in [0.4, 0.5) is 0 Å². The third-order valence-electron chi connectivity index (χ3n) is 2.38. The van der Waals surface area contributed by atoms with Crippen molar-refractivity contribution in [1.29, 1.82) is 0 Å². The van der Waals surface area contributed by atoms with Crippen molar-refractivity contribution >= 4 is 29.8 Å². The van der Waals surface area contributed by atoms with Gasteiger partial charge in [-0.3, -0.25) is 0 Å². The zero-order chi connectivity index (χ0) is 14.0. The lowest BCUT2D eigenvalue weighted by molar-refractivity contribution is 0.555. The van der Waals surface area contributed by atoms with Crippen LogP contribution in [0.15, 0.2) is 34.1 Å². The van der Waals surface area contributed by atoms with Gasteiger partial charge in [-0.25, -0.2) is 21.6 Å². The summed E-state index contributed by atoms with van der Waals surface area (Å²) in [6, 6.07) is 4.55. The summed E-state index contributed by atoms with van der Waals surface area (Å²) >= 11 is 0. The van der Waals surface area contributed by atoms with Crippen molar-refractivity contribution in [3.63, 3.8) is 0 Å². The van der Waals surface area contributed by atoms with E-state index in [1.807, 2.05) is 6.92 Å². The third-order valence-corrected chi connectivity index (χ3v) is 5.36. The van der Waals surface area contributed by atoms with E-state index in [0.29, 0.717) is 6.42 Å². The van der Waals surface area contributed by atoms with Gasteiger partial charge in [0.25, 0.3) is 9.05 Å². The fraction of sp³-hybridized carbons (Fsp3) is 0.400. The topological polar surface area (TPSA) is 80.3 Å². The Bertz CT molecular complexity index is 608. The third kappa shape index (κ3) is 3.94. The lowest BCUT2D eigenvalue weighted by atomic mass is 10.3. The maximum atomic E-state index is 11.9. The van der Waals surface area contributed by atoms with Gasteiger partial charge in [-0.15, -0.1) is 0 Å². The molecule has 1 atom stereocenters. The molecule has 0 fully saturated rings. The normalized spacial score (nSPS) is 14.4. The van der Waals surface area contributed by atoms with Crippen LogP contribution < -0.4 is 4.72 Å². The Morgan fingerprint density at radius 3 is 1.94 bits per heavy atom. The largest absolute Gasteiger partial charge is 0.261 e. The number of sulfonamides is 1. The number of hydrogen-bond acceptors (Lipinski definition) is 4. The molecular weight excluding hydrogens is 298 g/mol. The number of nitrogens with one attached hydrogen (secondary N) is 1. The highest BCUT2D eigenvalue weighted by Crippen LogP contribution is 2.18. The highest BCUT2D eigenvalue weighted by Gasteiger charge is 2.17. The van der Waals surface area contributed by atoms with E-state index in [0.717, 1.165) is 12.1 Å². The second kappa shape index (κ2) is 5.56. The summed E-state index contributed by atoms with van der Waals surface area (Å²) in [5.74, 6) is 0. The van der Waals surface area contributed by atoms with Crippen molar-refractivity contribution in [1.82, 2.24) is 4.72 Å². The van der Waals surface area contributed by atoms with Gasteiger partial charge in [-0.05, 0) is 37.6 Å². The van der Waals surface area contributed by atoms with Gasteiger partial charge in [0.2, 0.25) is 10.0 Å². The van der Waals surface area contributed by atoms with E-state index in [-0.39, 0.29) is 15.8 Å². The summed E-state index contributed by atoms with van der Waals surface area (Å²) in [7, 11) is -2.32. The van der Waals surface area contributed by atoms with E-state index in [4.69, 9.17) is 10.7 Å². The lowest BCUT2D eigenvalue weighted by Crippen LogP contribution is -2.31. The predicted octanol–water partition coefficient (Wildman–Crippen LogP) is 1.69. The van der Waals surface area contributed by atoms with Gasteiger partial charge in [0.15, 0.2) is 0 Å². The SMILES string of the molecule is CCC(C)NS(=O)(=O)c1ccc(S(=O)(=O)Cl)cc1. The van der Waals surface area contributed by atoms with Gasteiger partial charge in [0, 0.05) is 16.7 Å². The molecule has 0 aliphatic heterocycles. The molecule has 0 aromatic heterocycles. The highest BCUT2D eigenvalue weighted by atomic mass is 35.7. The molecule has 1 unspecified atom stereocenters. The number of benzene rings is 1. The zero-order valence-electron chi connectivity index (χ0n) is 9.92. The van der Waals surface area contributed by atoms with Gasteiger partial charge in [-0.1, -0.05) is 6.92 Å². The summed E-state index contributed by atoms with van der Waals surface area (Å²) in [6.07, 6.45) is 0.660. The van der Waals surface area contributed by atoms with E-state index in [2.05, 4.69) is 4.72 Å². The van der Waals surface area contributed by atoms with Gasteiger partial charge in [0.05, 0.1) is 9.79 Å². The van der Waals surface area contributed by atoms with E-state index < -0.39 is 19.1 Å². The van der Waals surface area contributed by atoms with Gasteiger partial charge in [-0.2, -0.15) is 0 Å². The molecule has 0 heterocycles. The summed E-state index contributed by atoms with van der Waals surface area (Å²) in [6.45, 7) is 3.60. The molecule has 1 rings (SSSR count). The zero-order valence-corrected chi connectivity index (χ0v) is 12.3. The fourth-order valence-corrected chi connectivity index (χ4v) is 3.29. The van der Waals surface area contributed by atoms with Crippen LogP contribution in [-0.2, 0) is 19.1 Å². The molecule has 1 aromatic carbocycles. The highest BCUT2D eigenvalue weighted by molar-refractivity contribution is 8.13. The molecule has 0 aliphatic carbocycles. The maximum absolute atomic E-state index is 11.9. The van der Waals surface area contributed by atoms with E-state index in [9.17, 15) is 16.8 Å². The average Bonchev–Trinajstić information content (AvgIpc) is 2.27. The first-order chi connectivity index (χ1) is 8.16. The molecule has 102 valence electrons. The van der Waals surface area contributed by atoms with Crippen LogP contribution in [0.2, 0.25) is 0 Å². The van der Waals surface area contributed by atoms with E-state index >= 15 is 0 Å². The van der Waals surface area contributed by atoms with Crippen LogP contribution in [-0.4, -0.2) is 22.9 Å². The Morgan fingerprint density at radius 1 is 1.11 bits per heavy atom. The van der Waals surface area contributed by atoms with Crippen molar-refractivity contribution in [2.45, 2.75) is 36.1 Å². The van der Waals surface area contributed by atoms with Crippen LogP contribution in [0.1, 0.15) is 20.3 Å². The minimum atomic E-state index is -3.84. The lowest BCUT2D eigenvalue weighted by Gasteiger charge is -2.12. The monoisotopic (exact) mass is 311 g/mol. The quantitative estimate of drug-likeness (QED) is 0.839. The molecule has 18 heavy (non-hydrogen) atoms. The second-order valence-electron chi connectivity index (χ2n) is 3.84. The maximum Gasteiger partial charge on any atom is 0.261 e. The molecule has 0 saturated carbocycles. The van der Waals surface area contributed by atoms with Crippen LogP contribution in [0.5, 0.6) is 0 Å². The molecule has 0 saturated heterocycles. The molecule has 1 N–H and O–H groups in total. The van der Waals surface area contributed by atoms with E-state index in [1.54, 1.807) is 6.92 Å².